The van der Waals surface area contributed by atoms with E-state index in [-0.39, 0.29) is 11.6 Å². The second kappa shape index (κ2) is 6.02. The quantitative estimate of drug-likeness (QED) is 0.507. The van der Waals surface area contributed by atoms with Gasteiger partial charge < -0.3 is 0 Å². The summed E-state index contributed by atoms with van der Waals surface area (Å²) in [6.45, 7) is 3.36. The minimum absolute atomic E-state index is 0.0977. The lowest BCUT2D eigenvalue weighted by Crippen LogP contribution is -2.39. The summed E-state index contributed by atoms with van der Waals surface area (Å²) in [7, 11) is 0. The maximum Gasteiger partial charge on any atom is 0.196 e. The lowest BCUT2D eigenvalue weighted by atomic mass is 10.2. The number of hydrogen-bond acceptors (Lipinski definition) is 3. The molecule has 0 radical (unpaired) electrons. The lowest BCUT2D eigenvalue weighted by molar-refractivity contribution is -0.111. The molecule has 2 aromatic carbocycles. The first-order valence-electron chi connectivity index (χ1n) is 6.36. The number of hydrogen-bond donors (Lipinski definition) is 2. The number of Topliss-reactive ketones (excluding diaryl/α,β-unsaturated/α-hetero) is 1. The molecule has 102 valence electrons. The van der Waals surface area contributed by atoms with E-state index in [9.17, 15) is 4.79 Å². The molecule has 4 nitrogen and oxygen atoms in total. The molecule has 0 heterocycles. The lowest BCUT2D eigenvalue weighted by Gasteiger charge is -2.26. The van der Waals surface area contributed by atoms with Crippen LogP contribution in [-0.2, 0) is 4.79 Å². The van der Waals surface area contributed by atoms with Gasteiger partial charge in [0.2, 0.25) is 0 Å². The molecule has 0 saturated heterocycles. The molecule has 4 heteroatoms. The first-order chi connectivity index (χ1) is 9.59. The van der Waals surface area contributed by atoms with E-state index in [0.29, 0.717) is 0 Å². The van der Waals surface area contributed by atoms with E-state index in [1.807, 2.05) is 61.5 Å². The number of benzene rings is 2. The predicted molar refractivity (Wildman–Crippen MR) is 82.1 cm³/mol. The van der Waals surface area contributed by atoms with Crippen LogP contribution in [0.25, 0.3) is 0 Å². The van der Waals surface area contributed by atoms with Crippen molar-refractivity contribution >= 4 is 23.0 Å². The third-order valence-corrected chi connectivity index (χ3v) is 2.95. The molecular formula is C16H17N3O. The predicted octanol–water partition coefficient (Wildman–Crippen LogP) is 3.39. The van der Waals surface area contributed by atoms with E-state index in [0.717, 1.165) is 16.9 Å². The van der Waals surface area contributed by atoms with Crippen LogP contribution >= 0.6 is 0 Å². The summed E-state index contributed by atoms with van der Waals surface area (Å²) in [5, 5.41) is 9.46. The fourth-order valence-corrected chi connectivity index (χ4v) is 1.80. The summed E-state index contributed by atoms with van der Waals surface area (Å²) < 4.78 is 0. The Hall–Kier alpha value is -2.62. The van der Waals surface area contributed by atoms with Crippen molar-refractivity contribution in [3.8, 4) is 0 Å². The summed E-state index contributed by atoms with van der Waals surface area (Å²) >= 11 is 0. The van der Waals surface area contributed by atoms with Gasteiger partial charge in [0.1, 0.15) is 0 Å². The maximum absolute atomic E-state index is 11.5. The van der Waals surface area contributed by atoms with Crippen LogP contribution < -0.4 is 10.4 Å². The van der Waals surface area contributed by atoms with Crippen molar-refractivity contribution in [2.75, 3.05) is 10.4 Å². The average molecular weight is 267 g/mol. The van der Waals surface area contributed by atoms with Crippen LogP contribution in [0.4, 0.5) is 11.4 Å². The van der Waals surface area contributed by atoms with Gasteiger partial charge in [0.05, 0.1) is 11.4 Å². The monoisotopic (exact) mass is 267 g/mol. The average Bonchev–Trinajstić information content (AvgIpc) is 2.46. The van der Waals surface area contributed by atoms with Crippen LogP contribution in [0.2, 0.25) is 0 Å². The molecule has 0 aromatic heterocycles. The number of ketones is 1. The number of carbonyl (C=O) groups is 1. The third kappa shape index (κ3) is 3.03. The van der Waals surface area contributed by atoms with Crippen LogP contribution in [0.15, 0.2) is 54.6 Å². The van der Waals surface area contributed by atoms with Crippen molar-refractivity contribution < 1.29 is 4.79 Å². The number of para-hydroxylation sites is 2. The van der Waals surface area contributed by atoms with Gasteiger partial charge in [-0.3, -0.25) is 15.6 Å². The number of amidine groups is 1. The van der Waals surface area contributed by atoms with Crippen LogP contribution in [0.5, 0.6) is 0 Å². The summed E-state index contributed by atoms with van der Waals surface area (Å²) in [5.74, 6) is -0.394. The fraction of sp³-hybridized carbons (Fsp3) is 0.125. The third-order valence-electron chi connectivity index (χ3n) is 2.95. The molecule has 0 bridgehead atoms. The van der Waals surface area contributed by atoms with Crippen molar-refractivity contribution in [1.29, 1.82) is 5.41 Å². The summed E-state index contributed by atoms with van der Waals surface area (Å²) in [6.07, 6.45) is 0. The van der Waals surface area contributed by atoms with Crippen molar-refractivity contribution in [2.24, 2.45) is 0 Å². The van der Waals surface area contributed by atoms with Gasteiger partial charge in [-0.1, -0.05) is 36.4 Å². The molecule has 0 spiro atoms. The van der Waals surface area contributed by atoms with Gasteiger partial charge in [-0.2, -0.15) is 0 Å². The van der Waals surface area contributed by atoms with Crippen molar-refractivity contribution in [1.82, 2.24) is 0 Å². The molecule has 0 unspecified atom stereocenters. The van der Waals surface area contributed by atoms with Crippen molar-refractivity contribution in [3.63, 3.8) is 0 Å². The molecule has 0 aliphatic carbocycles. The number of carbonyl (C=O) groups excluding carboxylic acids is 1. The van der Waals surface area contributed by atoms with Gasteiger partial charge in [-0.05, 0) is 30.7 Å². The highest BCUT2D eigenvalue weighted by Gasteiger charge is 2.16. The van der Waals surface area contributed by atoms with E-state index in [1.165, 1.54) is 11.9 Å². The molecule has 0 amide bonds. The van der Waals surface area contributed by atoms with Gasteiger partial charge >= 0.3 is 0 Å². The number of hydrazine groups is 1. The molecule has 0 fully saturated rings. The van der Waals surface area contributed by atoms with Gasteiger partial charge in [-0.25, -0.2) is 5.01 Å². The summed E-state index contributed by atoms with van der Waals surface area (Å²) in [4.78, 5) is 11.5. The Morgan fingerprint density at radius 1 is 1.05 bits per heavy atom. The SMILES string of the molecule is CC(=O)C(=N)N(Nc1ccccc1C)c1ccccc1. The number of anilines is 2. The fourth-order valence-electron chi connectivity index (χ4n) is 1.80. The number of nitrogens with one attached hydrogen (secondary N) is 2. The van der Waals surface area contributed by atoms with E-state index in [1.54, 1.807) is 0 Å². The zero-order valence-corrected chi connectivity index (χ0v) is 11.6. The van der Waals surface area contributed by atoms with Gasteiger partial charge in [0, 0.05) is 6.92 Å². The Kier molecular flexibility index (Phi) is 4.15. The van der Waals surface area contributed by atoms with Crippen molar-refractivity contribution in [2.45, 2.75) is 13.8 Å². The normalized spacial score (nSPS) is 9.90. The molecule has 0 aliphatic heterocycles. The molecule has 20 heavy (non-hydrogen) atoms. The Morgan fingerprint density at radius 2 is 1.65 bits per heavy atom. The number of nitrogens with zero attached hydrogens (tertiary/aromatic N) is 1. The molecule has 2 N–H and O–H groups in total. The number of rotatable bonds is 4. The van der Waals surface area contributed by atoms with Crippen LogP contribution in [0, 0.1) is 12.3 Å². The van der Waals surface area contributed by atoms with Crippen molar-refractivity contribution in [3.05, 3.63) is 60.2 Å². The highest BCUT2D eigenvalue weighted by molar-refractivity contribution is 6.42. The second-order valence-corrected chi connectivity index (χ2v) is 4.50. The Bertz CT molecular complexity index is 623. The van der Waals surface area contributed by atoms with Gasteiger partial charge in [0.15, 0.2) is 11.6 Å². The highest BCUT2D eigenvalue weighted by Crippen LogP contribution is 2.19. The standard InChI is InChI=1S/C16H17N3O/c1-12-8-6-7-11-15(12)18-19(16(17)13(2)20)14-9-4-3-5-10-14/h3-11,17-18H,1-2H3. The highest BCUT2D eigenvalue weighted by atomic mass is 16.1. The minimum atomic E-state index is -0.296. The molecule has 0 saturated carbocycles. The zero-order chi connectivity index (χ0) is 14.5. The minimum Gasteiger partial charge on any atom is -0.292 e. The Morgan fingerprint density at radius 3 is 2.25 bits per heavy atom. The Balaban J connectivity index is 2.36. The van der Waals surface area contributed by atoms with Gasteiger partial charge in [0.25, 0.3) is 0 Å². The Labute approximate surface area is 118 Å². The second-order valence-electron chi connectivity index (χ2n) is 4.50. The van der Waals surface area contributed by atoms with Gasteiger partial charge in [-0.15, -0.1) is 0 Å². The zero-order valence-electron chi connectivity index (χ0n) is 11.6. The first-order valence-corrected chi connectivity index (χ1v) is 6.36. The molecule has 2 rings (SSSR count). The first kappa shape index (κ1) is 13.8. The van der Waals surface area contributed by atoms with E-state index in [4.69, 9.17) is 5.41 Å². The van der Waals surface area contributed by atoms with Crippen LogP contribution in [0.1, 0.15) is 12.5 Å². The largest absolute Gasteiger partial charge is 0.292 e. The maximum atomic E-state index is 11.5. The number of aryl methyl sites for hydroxylation is 1. The smallest absolute Gasteiger partial charge is 0.196 e. The molecule has 0 atom stereocenters. The van der Waals surface area contributed by atoms with E-state index in [2.05, 4.69) is 5.43 Å². The molecule has 0 aliphatic rings. The van der Waals surface area contributed by atoms with Crippen LogP contribution in [0.3, 0.4) is 0 Å². The van der Waals surface area contributed by atoms with E-state index >= 15 is 0 Å². The van der Waals surface area contributed by atoms with E-state index < -0.39 is 0 Å². The summed E-state index contributed by atoms with van der Waals surface area (Å²) in [6, 6.07) is 17.1. The molecular weight excluding hydrogens is 250 g/mol. The summed E-state index contributed by atoms with van der Waals surface area (Å²) in [5.41, 5.74) is 5.79. The molecule has 2 aromatic rings. The van der Waals surface area contributed by atoms with Crippen LogP contribution in [-0.4, -0.2) is 11.6 Å². The topological polar surface area (TPSA) is 56.2 Å².